The van der Waals surface area contributed by atoms with Crippen molar-refractivity contribution in [1.82, 2.24) is 19.8 Å². The predicted octanol–water partition coefficient (Wildman–Crippen LogP) is 3.37. The molecule has 3 aromatic rings. The van der Waals surface area contributed by atoms with Gasteiger partial charge in [-0.2, -0.15) is 14.6 Å². The molecular weight excluding hydrogens is 475 g/mol. The van der Waals surface area contributed by atoms with Crippen molar-refractivity contribution in [3.8, 4) is 11.8 Å². The zero-order valence-corrected chi connectivity index (χ0v) is 17.6. The lowest BCUT2D eigenvalue weighted by Crippen LogP contribution is -2.23. The van der Waals surface area contributed by atoms with E-state index in [9.17, 15) is 10.1 Å². The second kappa shape index (κ2) is 8.49. The molecule has 0 fully saturated rings. The number of hydrogen-bond acceptors (Lipinski definition) is 6. The Kier molecular flexibility index (Phi) is 6.08. The third kappa shape index (κ3) is 4.45. The summed E-state index contributed by atoms with van der Waals surface area (Å²) in [7, 11) is 1.55. The summed E-state index contributed by atoms with van der Waals surface area (Å²) in [5.74, 6) is 0.488. The molecule has 2 aromatic carbocycles. The summed E-state index contributed by atoms with van der Waals surface area (Å²) in [4.78, 5) is 16.6. The minimum atomic E-state index is -0.320. The topological polar surface area (TPSA) is 88.9 Å². The van der Waals surface area contributed by atoms with Crippen LogP contribution in [0.3, 0.4) is 0 Å². The van der Waals surface area contributed by atoms with Crippen molar-refractivity contribution in [1.29, 1.82) is 5.26 Å². The van der Waals surface area contributed by atoms with E-state index in [-0.39, 0.29) is 5.69 Å². The van der Waals surface area contributed by atoms with Crippen LogP contribution in [0.2, 0.25) is 0 Å². The molecule has 1 aromatic heterocycles. The fourth-order valence-electron chi connectivity index (χ4n) is 2.40. The maximum atomic E-state index is 12.2. The summed E-state index contributed by atoms with van der Waals surface area (Å²) in [6, 6.07) is 15.4. The van der Waals surface area contributed by atoms with Gasteiger partial charge in [0.15, 0.2) is 5.04 Å². The van der Waals surface area contributed by atoms with Crippen LogP contribution in [0, 0.1) is 21.8 Å². The van der Waals surface area contributed by atoms with E-state index in [1.165, 1.54) is 21.1 Å². The molecule has 27 heavy (non-hydrogen) atoms. The third-order valence-corrected chi connectivity index (χ3v) is 5.45. The van der Waals surface area contributed by atoms with Crippen molar-refractivity contribution in [3.63, 3.8) is 0 Å². The Bertz CT molecular complexity index is 1090. The Morgan fingerprint density at radius 3 is 2.63 bits per heavy atom. The van der Waals surface area contributed by atoms with Gasteiger partial charge in [-0.3, -0.25) is 0 Å². The van der Waals surface area contributed by atoms with E-state index in [1.54, 1.807) is 7.05 Å². The van der Waals surface area contributed by atoms with Gasteiger partial charge in [0.2, 0.25) is 0 Å². The van der Waals surface area contributed by atoms with Gasteiger partial charge in [-0.25, -0.2) is 9.79 Å². The molecule has 0 atom stereocenters. The Labute approximate surface area is 173 Å². The molecule has 0 bridgehead atoms. The summed E-state index contributed by atoms with van der Waals surface area (Å²) in [6.07, 6.45) is 0. The second-order valence-corrected chi connectivity index (χ2v) is 7.87. The molecule has 0 aliphatic heterocycles. The molecule has 0 aliphatic rings. The van der Waals surface area contributed by atoms with Crippen molar-refractivity contribution in [3.05, 3.63) is 67.6 Å². The van der Waals surface area contributed by atoms with Crippen LogP contribution >= 0.6 is 34.4 Å². The van der Waals surface area contributed by atoms with Crippen molar-refractivity contribution in [2.75, 3.05) is 0 Å². The molecule has 3 rings (SSSR count). The molecule has 0 amide bonds. The second-order valence-electron chi connectivity index (χ2n) is 5.66. The first kappa shape index (κ1) is 19.3. The first-order valence-electron chi connectivity index (χ1n) is 7.94. The van der Waals surface area contributed by atoms with Gasteiger partial charge in [0.1, 0.15) is 6.07 Å². The highest BCUT2D eigenvalue weighted by molar-refractivity contribution is 14.1. The standard InChI is InChI=1S/C18H15IN6OS/c1-12-4-3-5-16(25-18(26)24(2)22-23-25)15(12)11-27-17(10-20)21-14-8-6-13(19)7-9-14/h3-9H,11H2,1-2H3. The van der Waals surface area contributed by atoms with Gasteiger partial charge in [0, 0.05) is 16.4 Å². The number of rotatable bonds is 4. The number of tetrazole rings is 1. The zero-order chi connectivity index (χ0) is 19.4. The molecule has 0 saturated heterocycles. The van der Waals surface area contributed by atoms with Gasteiger partial charge in [0.05, 0.1) is 11.4 Å². The van der Waals surface area contributed by atoms with E-state index in [4.69, 9.17) is 0 Å². The Morgan fingerprint density at radius 2 is 2.00 bits per heavy atom. The smallest absolute Gasteiger partial charge is 0.244 e. The number of benzene rings is 2. The third-order valence-electron chi connectivity index (χ3n) is 3.84. The largest absolute Gasteiger partial charge is 0.368 e. The summed E-state index contributed by atoms with van der Waals surface area (Å²) >= 11 is 3.55. The summed E-state index contributed by atoms with van der Waals surface area (Å²) in [5.41, 5.74) is 2.99. The first-order chi connectivity index (χ1) is 13.0. The average molecular weight is 490 g/mol. The van der Waals surface area contributed by atoms with Crippen LogP contribution in [-0.2, 0) is 12.8 Å². The molecule has 0 aliphatic carbocycles. The van der Waals surface area contributed by atoms with E-state index in [0.717, 1.165) is 20.4 Å². The van der Waals surface area contributed by atoms with Gasteiger partial charge in [0.25, 0.3) is 0 Å². The molecule has 0 saturated carbocycles. The van der Waals surface area contributed by atoms with Gasteiger partial charge >= 0.3 is 5.69 Å². The number of aryl methyl sites for hydroxylation is 2. The van der Waals surface area contributed by atoms with Crippen molar-refractivity contribution in [2.24, 2.45) is 12.0 Å². The van der Waals surface area contributed by atoms with Crippen molar-refractivity contribution < 1.29 is 0 Å². The molecule has 1 heterocycles. The summed E-state index contributed by atoms with van der Waals surface area (Å²) in [5, 5.41) is 17.5. The average Bonchev–Trinajstić information content (AvgIpc) is 3.00. The maximum absolute atomic E-state index is 12.2. The fourth-order valence-corrected chi connectivity index (χ4v) is 3.65. The molecule has 0 N–H and O–H groups in total. The number of aromatic nitrogens is 4. The Balaban J connectivity index is 1.89. The van der Waals surface area contributed by atoms with Crippen LogP contribution in [0.5, 0.6) is 0 Å². The van der Waals surface area contributed by atoms with E-state index >= 15 is 0 Å². The highest BCUT2D eigenvalue weighted by atomic mass is 127. The van der Waals surface area contributed by atoms with Gasteiger partial charge in [-0.05, 0) is 81.4 Å². The molecule has 136 valence electrons. The minimum absolute atomic E-state index is 0.320. The van der Waals surface area contributed by atoms with Crippen LogP contribution < -0.4 is 5.69 Å². The van der Waals surface area contributed by atoms with Crippen molar-refractivity contribution >= 4 is 45.1 Å². The van der Waals surface area contributed by atoms with Crippen molar-refractivity contribution in [2.45, 2.75) is 12.7 Å². The number of halogens is 1. The zero-order valence-electron chi connectivity index (χ0n) is 14.6. The van der Waals surface area contributed by atoms with E-state index in [0.29, 0.717) is 16.5 Å². The lowest BCUT2D eigenvalue weighted by atomic mass is 10.1. The highest BCUT2D eigenvalue weighted by Gasteiger charge is 2.14. The SMILES string of the molecule is Cc1cccc(-n2nnn(C)c2=O)c1CSC(C#N)=Nc1ccc(I)cc1. The van der Waals surface area contributed by atoms with Crippen LogP contribution in [0.1, 0.15) is 11.1 Å². The summed E-state index contributed by atoms with van der Waals surface area (Å²) < 4.78 is 3.56. The van der Waals surface area contributed by atoms with Crippen LogP contribution in [0.25, 0.3) is 5.69 Å². The Morgan fingerprint density at radius 1 is 1.26 bits per heavy atom. The predicted molar refractivity (Wildman–Crippen MR) is 114 cm³/mol. The van der Waals surface area contributed by atoms with Gasteiger partial charge in [-0.1, -0.05) is 23.9 Å². The van der Waals surface area contributed by atoms with E-state index in [1.807, 2.05) is 49.4 Å². The van der Waals surface area contributed by atoms with Gasteiger partial charge in [-0.15, -0.1) is 0 Å². The molecule has 0 spiro atoms. The maximum Gasteiger partial charge on any atom is 0.368 e. The normalized spacial score (nSPS) is 11.4. The lowest BCUT2D eigenvalue weighted by molar-refractivity contribution is 0.692. The number of nitriles is 1. The van der Waals surface area contributed by atoms with Crippen LogP contribution in [-0.4, -0.2) is 24.8 Å². The van der Waals surface area contributed by atoms with Crippen LogP contribution in [0.15, 0.2) is 52.3 Å². The first-order valence-corrected chi connectivity index (χ1v) is 10.0. The highest BCUT2D eigenvalue weighted by Crippen LogP contribution is 2.25. The number of thioether (sulfide) groups is 1. The molecule has 0 unspecified atom stereocenters. The number of hydrogen-bond donors (Lipinski definition) is 0. The number of nitrogens with zero attached hydrogens (tertiary/aromatic N) is 6. The lowest BCUT2D eigenvalue weighted by Gasteiger charge is -2.10. The molecule has 0 radical (unpaired) electrons. The monoisotopic (exact) mass is 490 g/mol. The quantitative estimate of drug-likeness (QED) is 0.318. The minimum Gasteiger partial charge on any atom is -0.244 e. The fraction of sp³-hybridized carbons (Fsp3) is 0.167. The molecule has 7 nitrogen and oxygen atoms in total. The molecule has 9 heteroatoms. The van der Waals surface area contributed by atoms with Crippen LogP contribution in [0.4, 0.5) is 5.69 Å². The molecular formula is C18H15IN6OS. The summed E-state index contributed by atoms with van der Waals surface area (Å²) in [6.45, 7) is 1.96. The Hall–Kier alpha value is -2.45. The van der Waals surface area contributed by atoms with E-state index in [2.05, 4.69) is 44.1 Å². The van der Waals surface area contributed by atoms with Gasteiger partial charge < -0.3 is 0 Å². The number of aliphatic imine (C=N–C) groups is 1. The van der Waals surface area contributed by atoms with E-state index < -0.39 is 0 Å².